The molecule has 0 aliphatic carbocycles. The molecule has 7 heteroatoms. The number of carbonyl (C=O) groups is 1. The minimum absolute atomic E-state index is 0.0114. The summed E-state index contributed by atoms with van der Waals surface area (Å²) < 4.78 is 43.3. The first-order chi connectivity index (χ1) is 8.79. The van der Waals surface area contributed by atoms with Crippen LogP contribution in [0, 0.1) is 11.3 Å². The quantitative estimate of drug-likeness (QED) is 0.687. The number of hydrogen-bond acceptors (Lipinski definition) is 4. The molecular formula is C12H10F3NO2S. The molecule has 0 aliphatic heterocycles. The Bertz CT molecular complexity index is 535. The molecule has 0 aromatic heterocycles. The fourth-order valence-electron chi connectivity index (χ4n) is 1.58. The van der Waals surface area contributed by atoms with Crippen molar-refractivity contribution < 1.29 is 22.7 Å². The molecule has 0 spiro atoms. The second-order valence-corrected chi connectivity index (χ2v) is 4.10. The molecule has 19 heavy (non-hydrogen) atoms. The number of esters is 1. The van der Waals surface area contributed by atoms with E-state index in [9.17, 15) is 18.0 Å². The average molecular weight is 289 g/mol. The van der Waals surface area contributed by atoms with E-state index in [0.29, 0.717) is 0 Å². The third kappa shape index (κ3) is 3.89. The number of nitrogens with zero attached hydrogens (tertiary/aromatic N) is 1. The van der Waals surface area contributed by atoms with Crippen molar-refractivity contribution in [2.24, 2.45) is 0 Å². The lowest BCUT2D eigenvalue weighted by Crippen LogP contribution is -2.15. The summed E-state index contributed by atoms with van der Waals surface area (Å²) in [4.78, 5) is 10.9. The molecule has 3 nitrogen and oxygen atoms in total. The number of benzene rings is 1. The van der Waals surface area contributed by atoms with Crippen LogP contribution in [0.2, 0.25) is 0 Å². The topological polar surface area (TPSA) is 50.1 Å². The minimum Gasteiger partial charge on any atom is -0.466 e. The van der Waals surface area contributed by atoms with E-state index in [0.717, 1.165) is 12.1 Å². The molecular weight excluding hydrogens is 279 g/mol. The number of carbonyl (C=O) groups excluding carboxylic acids is 1. The molecule has 1 aromatic carbocycles. The molecule has 0 unspecified atom stereocenters. The van der Waals surface area contributed by atoms with E-state index < -0.39 is 24.1 Å². The number of ether oxygens (including phenoxy) is 1. The highest BCUT2D eigenvalue weighted by molar-refractivity contribution is 7.80. The van der Waals surface area contributed by atoms with Crippen LogP contribution in [0.4, 0.5) is 13.2 Å². The second kappa shape index (κ2) is 5.97. The maximum Gasteiger partial charge on any atom is 0.417 e. The SMILES string of the molecule is CCOC(=O)Cc1cc(C#N)cc(S)c1C(F)(F)F. The Labute approximate surface area is 113 Å². The Balaban J connectivity index is 3.30. The van der Waals surface area contributed by atoms with Crippen molar-refractivity contribution in [3.8, 4) is 6.07 Å². The minimum atomic E-state index is -4.65. The zero-order valence-corrected chi connectivity index (χ0v) is 10.8. The fraction of sp³-hybridized carbons (Fsp3) is 0.333. The summed E-state index contributed by atoms with van der Waals surface area (Å²) in [7, 11) is 0. The van der Waals surface area contributed by atoms with Gasteiger partial charge in [-0.25, -0.2) is 0 Å². The van der Waals surface area contributed by atoms with Crippen molar-refractivity contribution in [2.45, 2.75) is 24.4 Å². The van der Waals surface area contributed by atoms with Crippen LogP contribution in [0.15, 0.2) is 17.0 Å². The molecule has 0 bridgehead atoms. The van der Waals surface area contributed by atoms with E-state index in [4.69, 9.17) is 5.26 Å². The Hall–Kier alpha value is -1.68. The largest absolute Gasteiger partial charge is 0.466 e. The monoisotopic (exact) mass is 289 g/mol. The zero-order chi connectivity index (χ0) is 14.6. The van der Waals surface area contributed by atoms with Gasteiger partial charge in [0.25, 0.3) is 0 Å². The van der Waals surface area contributed by atoms with Crippen LogP contribution < -0.4 is 0 Å². The Kier molecular flexibility index (Phi) is 4.84. The molecule has 0 aliphatic rings. The van der Waals surface area contributed by atoms with Crippen molar-refractivity contribution in [3.63, 3.8) is 0 Å². The van der Waals surface area contributed by atoms with E-state index >= 15 is 0 Å². The standard InChI is InChI=1S/C12H10F3NO2S/c1-2-18-10(17)5-8-3-7(6-16)4-9(19)11(8)12(13,14)15/h3-4,19H,2,5H2,1H3. The smallest absolute Gasteiger partial charge is 0.417 e. The van der Waals surface area contributed by atoms with Gasteiger partial charge in [0.1, 0.15) is 0 Å². The summed E-state index contributed by atoms with van der Waals surface area (Å²) in [5.74, 6) is -0.782. The van der Waals surface area contributed by atoms with Crippen molar-refractivity contribution in [3.05, 3.63) is 28.8 Å². The first-order valence-electron chi connectivity index (χ1n) is 5.28. The lowest BCUT2D eigenvalue weighted by Gasteiger charge is -2.15. The molecule has 102 valence electrons. The van der Waals surface area contributed by atoms with Gasteiger partial charge < -0.3 is 4.74 Å². The average Bonchev–Trinajstić information content (AvgIpc) is 2.26. The Morgan fingerprint density at radius 1 is 1.47 bits per heavy atom. The van der Waals surface area contributed by atoms with Gasteiger partial charge in [-0.1, -0.05) is 0 Å². The molecule has 0 atom stereocenters. The summed E-state index contributed by atoms with van der Waals surface area (Å²) in [5.41, 5.74) is -1.31. The van der Waals surface area contributed by atoms with Crippen LogP contribution in [0.5, 0.6) is 0 Å². The van der Waals surface area contributed by atoms with Crippen LogP contribution in [0.25, 0.3) is 0 Å². The van der Waals surface area contributed by atoms with E-state index in [1.807, 2.05) is 0 Å². The third-order valence-corrected chi connectivity index (χ3v) is 2.60. The van der Waals surface area contributed by atoms with E-state index in [-0.39, 0.29) is 22.6 Å². The highest BCUT2D eigenvalue weighted by Crippen LogP contribution is 2.37. The van der Waals surface area contributed by atoms with E-state index in [2.05, 4.69) is 17.4 Å². The van der Waals surface area contributed by atoms with Gasteiger partial charge in [-0.05, 0) is 24.6 Å². The molecule has 0 saturated heterocycles. The van der Waals surface area contributed by atoms with Crippen LogP contribution >= 0.6 is 12.6 Å². The van der Waals surface area contributed by atoms with Gasteiger partial charge in [-0.3, -0.25) is 4.79 Å². The predicted molar refractivity (Wildman–Crippen MR) is 63.7 cm³/mol. The van der Waals surface area contributed by atoms with Gasteiger partial charge in [-0.2, -0.15) is 18.4 Å². The second-order valence-electron chi connectivity index (χ2n) is 3.62. The first kappa shape index (κ1) is 15.4. The van der Waals surface area contributed by atoms with Crippen molar-refractivity contribution in [1.29, 1.82) is 5.26 Å². The molecule has 1 rings (SSSR count). The fourth-order valence-corrected chi connectivity index (χ4v) is 1.99. The maximum atomic E-state index is 12.9. The van der Waals surface area contributed by atoms with Gasteiger partial charge in [-0.15, -0.1) is 12.6 Å². The Morgan fingerprint density at radius 3 is 2.58 bits per heavy atom. The van der Waals surface area contributed by atoms with Gasteiger partial charge in [0.2, 0.25) is 0 Å². The number of alkyl halides is 3. The van der Waals surface area contributed by atoms with Crippen molar-refractivity contribution >= 4 is 18.6 Å². The van der Waals surface area contributed by atoms with Gasteiger partial charge in [0, 0.05) is 4.90 Å². The van der Waals surface area contributed by atoms with E-state index in [1.165, 1.54) is 0 Å². The number of rotatable bonds is 3. The molecule has 0 saturated carbocycles. The number of hydrogen-bond donors (Lipinski definition) is 1. The van der Waals surface area contributed by atoms with Crippen LogP contribution in [-0.4, -0.2) is 12.6 Å². The normalized spacial score (nSPS) is 10.9. The summed E-state index contributed by atoms with van der Waals surface area (Å²) in [5, 5.41) is 8.74. The summed E-state index contributed by atoms with van der Waals surface area (Å²) >= 11 is 3.74. The lowest BCUT2D eigenvalue weighted by atomic mass is 10.0. The van der Waals surface area contributed by atoms with Gasteiger partial charge in [0.15, 0.2) is 0 Å². The molecule has 0 radical (unpaired) electrons. The highest BCUT2D eigenvalue weighted by Gasteiger charge is 2.36. The molecule has 0 heterocycles. The van der Waals surface area contributed by atoms with Gasteiger partial charge in [0.05, 0.1) is 30.2 Å². The molecule has 1 aromatic rings. The van der Waals surface area contributed by atoms with Crippen LogP contribution in [0.1, 0.15) is 23.6 Å². The van der Waals surface area contributed by atoms with Crippen molar-refractivity contribution in [2.75, 3.05) is 6.61 Å². The molecule has 0 amide bonds. The van der Waals surface area contributed by atoms with Crippen LogP contribution in [-0.2, 0) is 22.1 Å². The summed E-state index contributed by atoms with van der Waals surface area (Å²) in [6.45, 7) is 1.63. The van der Waals surface area contributed by atoms with E-state index in [1.54, 1.807) is 13.0 Å². The Morgan fingerprint density at radius 2 is 2.11 bits per heavy atom. The van der Waals surface area contributed by atoms with Crippen LogP contribution in [0.3, 0.4) is 0 Å². The maximum absolute atomic E-state index is 12.9. The third-order valence-electron chi connectivity index (χ3n) is 2.25. The highest BCUT2D eigenvalue weighted by atomic mass is 32.1. The molecule has 0 N–H and O–H groups in total. The lowest BCUT2D eigenvalue weighted by molar-refractivity contribution is -0.144. The number of halogens is 3. The zero-order valence-electron chi connectivity index (χ0n) is 9.91. The summed E-state index contributed by atoms with van der Waals surface area (Å²) in [6, 6.07) is 3.77. The molecule has 0 fully saturated rings. The summed E-state index contributed by atoms with van der Waals surface area (Å²) in [6.07, 6.45) is -5.20. The number of thiol groups is 1. The number of nitriles is 1. The predicted octanol–water partition coefficient (Wildman–Crippen LogP) is 2.97. The van der Waals surface area contributed by atoms with Gasteiger partial charge >= 0.3 is 12.1 Å². The van der Waals surface area contributed by atoms with Crippen molar-refractivity contribution in [1.82, 2.24) is 0 Å². The first-order valence-corrected chi connectivity index (χ1v) is 5.73.